The summed E-state index contributed by atoms with van der Waals surface area (Å²) in [6.07, 6.45) is 0. The fraction of sp³-hybridized carbons (Fsp3) is 0.500. The molecular weight excluding hydrogens is 406 g/mol. The van der Waals surface area contributed by atoms with Crippen LogP contribution < -0.4 is 62.2 Å². The van der Waals surface area contributed by atoms with Gasteiger partial charge < -0.3 is 18.3 Å². The van der Waals surface area contributed by atoms with Crippen molar-refractivity contribution in [2.45, 2.75) is 13.5 Å². The number of nitrogens with zero attached hydrogens (tertiary/aromatic N) is 1. The number of rotatable bonds is 3. The van der Waals surface area contributed by atoms with Crippen molar-refractivity contribution in [3.05, 3.63) is 26.8 Å². The molecule has 106 valence electrons. The third-order valence-corrected chi connectivity index (χ3v) is 4.58. The zero-order valence-corrected chi connectivity index (χ0v) is 17.0. The molecule has 0 atom stereocenters. The smallest absolute Gasteiger partial charge is 0.445 e. The number of halogens is 4. The van der Waals surface area contributed by atoms with Crippen molar-refractivity contribution in [2.75, 3.05) is 26.2 Å². The molecular formula is C12H16BF3IKN2. The minimum atomic E-state index is -4.92. The van der Waals surface area contributed by atoms with E-state index in [1.165, 1.54) is 12.1 Å². The van der Waals surface area contributed by atoms with Gasteiger partial charge in [0.15, 0.2) is 0 Å². The molecule has 1 aliphatic rings. The molecule has 0 bridgehead atoms. The first kappa shape index (κ1) is 19.4. The molecule has 1 N–H and O–H groups in total. The number of hydrogen-bond donors (Lipinski definition) is 1. The summed E-state index contributed by atoms with van der Waals surface area (Å²) >= 11 is 1.99. The second-order valence-corrected chi connectivity index (χ2v) is 6.05. The van der Waals surface area contributed by atoms with E-state index in [1.54, 1.807) is 0 Å². The molecule has 1 saturated heterocycles. The molecule has 0 amide bonds. The van der Waals surface area contributed by atoms with Crippen molar-refractivity contribution >= 4 is 35.0 Å². The predicted octanol–water partition coefficient (Wildman–Crippen LogP) is -0.937. The van der Waals surface area contributed by atoms with Crippen LogP contribution in [0.5, 0.6) is 0 Å². The Morgan fingerprint density at radius 2 is 1.85 bits per heavy atom. The standard InChI is InChI=1S/C12H16BF3IN2.K/c1-9-10(8-19-4-2-18-3-5-19)6-11(7-12(9)17)13(14,15)16;/h6-7,18H,2-5,8H2,1H3;/q-1;+1. The maximum atomic E-state index is 12.9. The number of nitrogens with one attached hydrogen (secondary N) is 1. The molecule has 1 aromatic rings. The van der Waals surface area contributed by atoms with Gasteiger partial charge in [0.25, 0.3) is 0 Å². The van der Waals surface area contributed by atoms with Crippen LogP contribution >= 0.6 is 22.6 Å². The van der Waals surface area contributed by atoms with Gasteiger partial charge in [-0.1, -0.05) is 12.1 Å². The first-order valence-corrected chi connectivity index (χ1v) is 7.38. The zero-order chi connectivity index (χ0) is 14.0. The first-order chi connectivity index (χ1) is 8.88. The van der Waals surface area contributed by atoms with Crippen LogP contribution in [0.3, 0.4) is 0 Å². The predicted molar refractivity (Wildman–Crippen MR) is 80.8 cm³/mol. The monoisotopic (exact) mass is 422 g/mol. The summed E-state index contributed by atoms with van der Waals surface area (Å²) in [5.41, 5.74) is 1.27. The Kier molecular flexibility index (Phi) is 8.04. The summed E-state index contributed by atoms with van der Waals surface area (Å²) in [4.78, 5) is 2.20. The third-order valence-electron chi connectivity index (χ3n) is 3.46. The van der Waals surface area contributed by atoms with Gasteiger partial charge in [-0.3, -0.25) is 4.90 Å². The van der Waals surface area contributed by atoms with Crippen LogP contribution in [0.1, 0.15) is 11.1 Å². The summed E-state index contributed by atoms with van der Waals surface area (Å²) in [7, 11) is 0. The second-order valence-electron chi connectivity index (χ2n) is 4.89. The van der Waals surface area contributed by atoms with Crippen LogP contribution in [0.2, 0.25) is 0 Å². The summed E-state index contributed by atoms with van der Waals surface area (Å²) in [6.45, 7) is 1.15. The van der Waals surface area contributed by atoms with Gasteiger partial charge in [0, 0.05) is 36.3 Å². The summed E-state index contributed by atoms with van der Waals surface area (Å²) in [6, 6.07) is 2.57. The third kappa shape index (κ3) is 5.22. The molecule has 0 unspecified atom stereocenters. The molecule has 0 aliphatic carbocycles. The summed E-state index contributed by atoms with van der Waals surface area (Å²) in [5.74, 6) is 0. The van der Waals surface area contributed by atoms with Gasteiger partial charge in [0.1, 0.15) is 0 Å². The topological polar surface area (TPSA) is 15.3 Å². The Labute approximate surface area is 173 Å². The molecule has 20 heavy (non-hydrogen) atoms. The Balaban J connectivity index is 0.00000200. The van der Waals surface area contributed by atoms with Gasteiger partial charge in [0.05, 0.1) is 0 Å². The fourth-order valence-electron chi connectivity index (χ4n) is 2.22. The molecule has 1 heterocycles. The quantitative estimate of drug-likeness (QED) is 0.501. The van der Waals surface area contributed by atoms with E-state index in [-0.39, 0.29) is 51.4 Å². The van der Waals surface area contributed by atoms with E-state index in [1.807, 2.05) is 29.5 Å². The van der Waals surface area contributed by atoms with E-state index < -0.39 is 12.4 Å². The number of piperazine rings is 1. The van der Waals surface area contributed by atoms with Crippen molar-refractivity contribution in [1.82, 2.24) is 10.2 Å². The van der Waals surface area contributed by atoms with Crippen molar-refractivity contribution in [3.63, 3.8) is 0 Å². The Morgan fingerprint density at radius 1 is 1.25 bits per heavy atom. The number of benzene rings is 1. The molecule has 0 radical (unpaired) electrons. The Bertz CT molecular complexity index is 465. The maximum Gasteiger partial charge on any atom is 1.00 e. The Morgan fingerprint density at radius 3 is 2.40 bits per heavy atom. The van der Waals surface area contributed by atoms with Gasteiger partial charge in [-0.15, -0.1) is 5.46 Å². The largest absolute Gasteiger partial charge is 1.00 e. The molecule has 8 heteroatoms. The van der Waals surface area contributed by atoms with E-state index >= 15 is 0 Å². The van der Waals surface area contributed by atoms with E-state index in [9.17, 15) is 12.9 Å². The fourth-order valence-corrected chi connectivity index (χ4v) is 2.93. The van der Waals surface area contributed by atoms with Crippen LogP contribution in [0.4, 0.5) is 12.9 Å². The molecule has 1 fully saturated rings. The number of hydrogen-bond acceptors (Lipinski definition) is 2. The van der Waals surface area contributed by atoms with Crippen molar-refractivity contribution in [2.24, 2.45) is 0 Å². The van der Waals surface area contributed by atoms with Crippen LogP contribution in [-0.4, -0.2) is 38.1 Å². The Hall–Kier alpha value is 1.36. The molecule has 2 rings (SSSR count). The second kappa shape index (κ2) is 8.28. The average Bonchev–Trinajstić information content (AvgIpc) is 2.34. The molecule has 1 aromatic carbocycles. The van der Waals surface area contributed by atoms with E-state index in [4.69, 9.17) is 0 Å². The molecule has 1 aliphatic heterocycles. The molecule has 0 saturated carbocycles. The van der Waals surface area contributed by atoms with Crippen LogP contribution in [0, 0.1) is 10.5 Å². The van der Waals surface area contributed by atoms with Gasteiger partial charge >= 0.3 is 58.4 Å². The zero-order valence-electron chi connectivity index (χ0n) is 11.7. The van der Waals surface area contributed by atoms with Crippen LogP contribution in [0.25, 0.3) is 0 Å². The van der Waals surface area contributed by atoms with Gasteiger partial charge in [0.2, 0.25) is 0 Å². The van der Waals surface area contributed by atoms with Gasteiger partial charge in [-0.25, -0.2) is 0 Å². The minimum absolute atomic E-state index is 0. The van der Waals surface area contributed by atoms with Crippen molar-refractivity contribution in [1.29, 1.82) is 0 Å². The SMILES string of the molecule is Cc1c(I)cc([B-](F)(F)F)cc1CN1CCNCC1.[K+]. The van der Waals surface area contributed by atoms with E-state index in [0.29, 0.717) is 10.1 Å². The van der Waals surface area contributed by atoms with E-state index in [2.05, 4.69) is 10.2 Å². The van der Waals surface area contributed by atoms with Crippen LogP contribution in [0.15, 0.2) is 12.1 Å². The molecule has 0 spiro atoms. The van der Waals surface area contributed by atoms with E-state index in [0.717, 1.165) is 37.3 Å². The first-order valence-electron chi connectivity index (χ1n) is 6.30. The van der Waals surface area contributed by atoms with Crippen LogP contribution in [-0.2, 0) is 6.54 Å². The molecule has 2 nitrogen and oxygen atoms in total. The van der Waals surface area contributed by atoms with Crippen molar-refractivity contribution in [3.8, 4) is 0 Å². The molecule has 0 aromatic heterocycles. The summed E-state index contributed by atoms with van der Waals surface area (Å²) < 4.78 is 39.4. The normalized spacial score (nSPS) is 16.9. The van der Waals surface area contributed by atoms with Crippen molar-refractivity contribution < 1.29 is 64.3 Å². The minimum Gasteiger partial charge on any atom is -0.445 e. The average molecular weight is 422 g/mol. The van der Waals surface area contributed by atoms with Gasteiger partial charge in [-0.2, -0.15) is 0 Å². The maximum absolute atomic E-state index is 12.9. The van der Waals surface area contributed by atoms with Gasteiger partial charge in [-0.05, 0) is 40.6 Å². The summed E-state index contributed by atoms with van der Waals surface area (Å²) in [5, 5.41) is 3.24.